The van der Waals surface area contributed by atoms with Gasteiger partial charge in [0.1, 0.15) is 0 Å². The molecule has 0 unspecified atom stereocenters. The molecule has 0 bridgehead atoms. The highest BCUT2D eigenvalue weighted by atomic mass is 32.2. The Hall–Kier alpha value is -1.04. The molecule has 0 saturated carbocycles. The molecule has 0 fully saturated rings. The van der Waals surface area contributed by atoms with Crippen LogP contribution in [-0.4, -0.2) is 20.3 Å². The summed E-state index contributed by atoms with van der Waals surface area (Å²) in [7, 11) is -4.33. The smallest absolute Gasteiger partial charge is 0.223 e. The minimum Gasteiger partial charge on any atom is -0.223 e. The van der Waals surface area contributed by atoms with E-state index in [0.29, 0.717) is 0 Å². The van der Waals surface area contributed by atoms with E-state index < -0.39 is 21.8 Å². The van der Waals surface area contributed by atoms with Gasteiger partial charge in [0, 0.05) is 0 Å². The quantitative estimate of drug-likeness (QED) is 0.848. The Morgan fingerprint density at radius 3 is 2.21 bits per heavy atom. The number of hydrogen-bond acceptors (Lipinski definition) is 2. The number of hydrogen-bond donors (Lipinski definition) is 0. The minimum atomic E-state index is -4.73. The molecule has 108 valence electrons. The van der Waals surface area contributed by atoms with Crippen LogP contribution in [0.3, 0.4) is 0 Å². The summed E-state index contributed by atoms with van der Waals surface area (Å²) in [6.45, 7) is 5.78. The zero-order valence-electron chi connectivity index (χ0n) is 11.1. The van der Waals surface area contributed by atoms with Crippen LogP contribution in [0, 0.1) is 0 Å². The fourth-order valence-electron chi connectivity index (χ4n) is 1.61. The van der Waals surface area contributed by atoms with Gasteiger partial charge in [0.05, 0.1) is 4.90 Å². The maximum Gasteiger partial charge on any atom is 0.403 e. The Kier molecular flexibility index (Phi) is 4.34. The highest BCUT2D eigenvalue weighted by molar-refractivity contribution is 7.91. The lowest BCUT2D eigenvalue weighted by molar-refractivity contribution is -0.106. The van der Waals surface area contributed by atoms with Crippen molar-refractivity contribution in [3.63, 3.8) is 0 Å². The van der Waals surface area contributed by atoms with Crippen molar-refractivity contribution < 1.29 is 21.6 Å². The Morgan fingerprint density at radius 2 is 1.74 bits per heavy atom. The third-order valence-corrected chi connectivity index (χ3v) is 4.89. The van der Waals surface area contributed by atoms with Gasteiger partial charge in [-0.05, 0) is 29.5 Å². The lowest BCUT2D eigenvalue weighted by atomic mass is 9.82. The average molecular weight is 294 g/mol. The highest BCUT2D eigenvalue weighted by Gasteiger charge is 2.36. The standard InChI is InChI=1S/C13H17F3O2S/c1-4-12(2,3)10-6-5-7-11(8-10)19(17,18)9-13(14,15)16/h5-8H,4,9H2,1-3H3. The van der Waals surface area contributed by atoms with Crippen LogP contribution in [0.5, 0.6) is 0 Å². The monoisotopic (exact) mass is 294 g/mol. The summed E-state index contributed by atoms with van der Waals surface area (Å²) in [5, 5.41) is 0. The maximum atomic E-state index is 12.3. The molecule has 1 aromatic carbocycles. The van der Waals surface area contributed by atoms with Crippen molar-refractivity contribution in [2.24, 2.45) is 0 Å². The summed E-state index contributed by atoms with van der Waals surface area (Å²) in [6.07, 6.45) is -3.97. The predicted molar refractivity (Wildman–Crippen MR) is 67.9 cm³/mol. The molecule has 0 amide bonds. The summed E-state index contributed by atoms with van der Waals surface area (Å²) in [4.78, 5) is -0.274. The van der Waals surface area contributed by atoms with Crippen LogP contribution in [0.1, 0.15) is 32.8 Å². The fourth-order valence-corrected chi connectivity index (χ4v) is 2.80. The molecule has 1 aromatic rings. The summed E-state index contributed by atoms with van der Waals surface area (Å²) in [5.74, 6) is -1.82. The van der Waals surface area contributed by atoms with Crippen LogP contribution in [-0.2, 0) is 15.3 Å². The van der Waals surface area contributed by atoms with Gasteiger partial charge in [-0.1, -0.05) is 32.9 Å². The van der Waals surface area contributed by atoms with Crippen molar-refractivity contribution in [3.8, 4) is 0 Å². The Labute approximate surface area is 111 Å². The Balaban J connectivity index is 3.20. The first-order valence-electron chi connectivity index (χ1n) is 5.88. The number of sulfone groups is 1. The predicted octanol–water partition coefficient (Wildman–Crippen LogP) is 3.71. The van der Waals surface area contributed by atoms with Gasteiger partial charge in [-0.2, -0.15) is 13.2 Å². The van der Waals surface area contributed by atoms with E-state index in [1.54, 1.807) is 6.07 Å². The van der Waals surface area contributed by atoms with Crippen LogP contribution < -0.4 is 0 Å². The number of alkyl halides is 3. The van der Waals surface area contributed by atoms with E-state index in [-0.39, 0.29) is 10.3 Å². The van der Waals surface area contributed by atoms with Gasteiger partial charge in [0.2, 0.25) is 0 Å². The van der Waals surface area contributed by atoms with Crippen molar-refractivity contribution >= 4 is 9.84 Å². The van der Waals surface area contributed by atoms with Gasteiger partial charge in [0.25, 0.3) is 0 Å². The number of halogens is 3. The molecule has 0 aromatic heterocycles. The van der Waals surface area contributed by atoms with Crippen LogP contribution in [0.2, 0.25) is 0 Å². The SMILES string of the molecule is CCC(C)(C)c1cccc(S(=O)(=O)CC(F)(F)F)c1. The average Bonchev–Trinajstić information content (AvgIpc) is 2.26. The molecule has 0 atom stereocenters. The molecule has 0 radical (unpaired) electrons. The minimum absolute atomic E-state index is 0.274. The molecule has 2 nitrogen and oxygen atoms in total. The molecule has 6 heteroatoms. The van der Waals surface area contributed by atoms with Crippen LogP contribution in [0.4, 0.5) is 13.2 Å². The van der Waals surface area contributed by atoms with Crippen LogP contribution >= 0.6 is 0 Å². The molecule has 0 spiro atoms. The van der Waals surface area contributed by atoms with Gasteiger partial charge in [-0.25, -0.2) is 8.42 Å². The van der Waals surface area contributed by atoms with Crippen molar-refractivity contribution in [2.45, 2.75) is 43.7 Å². The van der Waals surface area contributed by atoms with Gasteiger partial charge in [-0.15, -0.1) is 0 Å². The lowest BCUT2D eigenvalue weighted by Crippen LogP contribution is -2.23. The van der Waals surface area contributed by atoms with Gasteiger partial charge in [0.15, 0.2) is 15.6 Å². The first-order chi connectivity index (χ1) is 8.48. The van der Waals surface area contributed by atoms with Gasteiger partial charge >= 0.3 is 6.18 Å². The first-order valence-corrected chi connectivity index (χ1v) is 7.53. The molecular formula is C13H17F3O2S. The molecule has 0 heterocycles. The van der Waals surface area contributed by atoms with E-state index in [1.807, 2.05) is 20.8 Å². The summed E-state index contributed by atoms with van der Waals surface area (Å²) < 4.78 is 60.2. The van der Waals surface area contributed by atoms with Crippen molar-refractivity contribution in [2.75, 3.05) is 5.75 Å². The molecule has 0 saturated heterocycles. The normalized spacial score (nSPS) is 13.6. The zero-order chi connectivity index (χ0) is 14.9. The third-order valence-electron chi connectivity index (χ3n) is 3.21. The summed E-state index contributed by atoms with van der Waals surface area (Å²) >= 11 is 0. The number of benzene rings is 1. The molecule has 19 heavy (non-hydrogen) atoms. The van der Waals surface area contributed by atoms with Crippen molar-refractivity contribution in [1.82, 2.24) is 0 Å². The summed E-state index contributed by atoms with van der Waals surface area (Å²) in [6, 6.07) is 5.76. The molecule has 1 rings (SSSR count). The van der Waals surface area contributed by atoms with E-state index in [2.05, 4.69) is 0 Å². The van der Waals surface area contributed by atoms with Crippen molar-refractivity contribution in [1.29, 1.82) is 0 Å². The van der Waals surface area contributed by atoms with Crippen molar-refractivity contribution in [3.05, 3.63) is 29.8 Å². The molecule has 0 N–H and O–H groups in total. The summed E-state index contributed by atoms with van der Waals surface area (Å²) in [5.41, 5.74) is 0.447. The molecule has 0 aliphatic heterocycles. The van der Waals surface area contributed by atoms with E-state index in [4.69, 9.17) is 0 Å². The van der Waals surface area contributed by atoms with Crippen LogP contribution in [0.25, 0.3) is 0 Å². The Morgan fingerprint density at radius 1 is 1.16 bits per heavy atom. The van der Waals surface area contributed by atoms with E-state index in [9.17, 15) is 21.6 Å². The Bertz CT molecular complexity index is 545. The third kappa shape index (κ3) is 4.23. The second kappa shape index (κ2) is 5.15. The highest BCUT2D eigenvalue weighted by Crippen LogP contribution is 2.29. The molecule has 0 aliphatic rings. The van der Waals surface area contributed by atoms with Gasteiger partial charge < -0.3 is 0 Å². The zero-order valence-corrected chi connectivity index (χ0v) is 11.9. The fraction of sp³-hybridized carbons (Fsp3) is 0.538. The molecule has 0 aliphatic carbocycles. The van der Waals surface area contributed by atoms with Crippen LogP contribution in [0.15, 0.2) is 29.2 Å². The lowest BCUT2D eigenvalue weighted by Gasteiger charge is -2.23. The first kappa shape index (κ1) is 16.0. The van der Waals surface area contributed by atoms with Gasteiger partial charge in [-0.3, -0.25) is 0 Å². The topological polar surface area (TPSA) is 34.1 Å². The van der Waals surface area contributed by atoms with E-state index in [1.165, 1.54) is 18.2 Å². The number of rotatable bonds is 4. The second-order valence-corrected chi connectivity index (χ2v) is 7.13. The maximum absolute atomic E-state index is 12.3. The second-order valence-electron chi connectivity index (χ2n) is 5.14. The molecular weight excluding hydrogens is 277 g/mol. The largest absolute Gasteiger partial charge is 0.403 e. The van der Waals surface area contributed by atoms with E-state index in [0.717, 1.165) is 12.0 Å². The van der Waals surface area contributed by atoms with E-state index >= 15 is 0 Å².